The van der Waals surface area contributed by atoms with Crippen molar-refractivity contribution in [2.75, 3.05) is 5.32 Å². The van der Waals surface area contributed by atoms with Crippen LogP contribution in [0.3, 0.4) is 0 Å². The second kappa shape index (κ2) is 6.49. The molecular formula is C14H12Cl3NO. The van der Waals surface area contributed by atoms with Gasteiger partial charge in [0.1, 0.15) is 0 Å². The maximum Gasteiger partial charge on any atom is 0.0681 e. The molecule has 2 nitrogen and oxygen atoms in total. The minimum absolute atomic E-state index is 0.0479. The number of aliphatic hydroxyl groups is 1. The predicted octanol–water partition coefficient (Wildman–Crippen LogP) is 4.75. The van der Waals surface area contributed by atoms with Crippen LogP contribution >= 0.6 is 34.8 Å². The van der Waals surface area contributed by atoms with Gasteiger partial charge < -0.3 is 10.4 Å². The van der Waals surface area contributed by atoms with Gasteiger partial charge >= 0.3 is 0 Å². The van der Waals surface area contributed by atoms with Crippen LogP contribution in [0.2, 0.25) is 15.1 Å². The van der Waals surface area contributed by atoms with E-state index in [1.54, 1.807) is 12.1 Å². The van der Waals surface area contributed by atoms with Gasteiger partial charge in [-0.3, -0.25) is 0 Å². The largest absolute Gasteiger partial charge is 0.392 e. The van der Waals surface area contributed by atoms with Gasteiger partial charge in [0.05, 0.1) is 27.4 Å². The maximum absolute atomic E-state index is 8.97. The van der Waals surface area contributed by atoms with Crippen molar-refractivity contribution < 1.29 is 5.11 Å². The molecule has 0 spiro atoms. The molecule has 0 unspecified atom stereocenters. The smallest absolute Gasteiger partial charge is 0.0681 e. The van der Waals surface area contributed by atoms with Crippen molar-refractivity contribution in [1.82, 2.24) is 0 Å². The number of anilines is 1. The average molecular weight is 317 g/mol. The zero-order valence-electron chi connectivity index (χ0n) is 9.96. The number of nitrogens with one attached hydrogen (secondary N) is 1. The van der Waals surface area contributed by atoms with Crippen molar-refractivity contribution in [3.05, 3.63) is 62.6 Å². The molecule has 2 aromatic carbocycles. The van der Waals surface area contributed by atoms with Crippen LogP contribution in [0.4, 0.5) is 5.69 Å². The molecule has 0 aliphatic heterocycles. The molecular weight excluding hydrogens is 305 g/mol. The topological polar surface area (TPSA) is 32.3 Å². The molecule has 0 atom stereocenters. The van der Waals surface area contributed by atoms with E-state index in [1.165, 1.54) is 0 Å². The molecule has 0 amide bonds. The van der Waals surface area contributed by atoms with Gasteiger partial charge in [0.15, 0.2) is 0 Å². The van der Waals surface area contributed by atoms with Crippen LogP contribution < -0.4 is 5.32 Å². The second-order valence-corrected chi connectivity index (χ2v) is 5.30. The SMILES string of the molecule is OCc1ccc(CNc2cc(Cl)c(Cl)cc2Cl)cc1. The minimum Gasteiger partial charge on any atom is -0.392 e. The summed E-state index contributed by atoms with van der Waals surface area (Å²) in [4.78, 5) is 0. The Morgan fingerprint density at radius 2 is 1.42 bits per heavy atom. The first-order chi connectivity index (χ1) is 9.10. The predicted molar refractivity (Wildman–Crippen MR) is 81.2 cm³/mol. The summed E-state index contributed by atoms with van der Waals surface area (Å²) >= 11 is 17.9. The number of hydrogen-bond donors (Lipinski definition) is 2. The van der Waals surface area contributed by atoms with Crippen LogP contribution in [0.15, 0.2) is 36.4 Å². The maximum atomic E-state index is 8.97. The Morgan fingerprint density at radius 1 is 0.842 bits per heavy atom. The second-order valence-electron chi connectivity index (χ2n) is 4.07. The lowest BCUT2D eigenvalue weighted by Gasteiger charge is -2.10. The molecule has 5 heteroatoms. The fraction of sp³-hybridized carbons (Fsp3) is 0.143. The normalized spacial score (nSPS) is 10.5. The third-order valence-electron chi connectivity index (χ3n) is 2.70. The summed E-state index contributed by atoms with van der Waals surface area (Å²) in [5, 5.41) is 13.6. The molecule has 19 heavy (non-hydrogen) atoms. The molecule has 2 N–H and O–H groups in total. The van der Waals surface area contributed by atoms with Crippen LogP contribution in [0, 0.1) is 0 Å². The lowest BCUT2D eigenvalue weighted by Crippen LogP contribution is -2.00. The lowest BCUT2D eigenvalue weighted by molar-refractivity contribution is 0.282. The third kappa shape index (κ3) is 3.77. The van der Waals surface area contributed by atoms with Crippen molar-refractivity contribution in [1.29, 1.82) is 0 Å². The van der Waals surface area contributed by atoms with E-state index in [2.05, 4.69) is 5.32 Å². The Hall–Kier alpha value is -0.930. The summed E-state index contributed by atoms with van der Waals surface area (Å²) < 4.78 is 0. The molecule has 0 bridgehead atoms. The van der Waals surface area contributed by atoms with Crippen LogP contribution in [0.1, 0.15) is 11.1 Å². The molecule has 0 saturated heterocycles. The Morgan fingerprint density at radius 3 is 2.05 bits per heavy atom. The van der Waals surface area contributed by atoms with Gasteiger partial charge in [-0.05, 0) is 23.3 Å². The zero-order chi connectivity index (χ0) is 13.8. The Bertz CT molecular complexity index is 570. The monoisotopic (exact) mass is 315 g/mol. The van der Waals surface area contributed by atoms with Gasteiger partial charge in [0.25, 0.3) is 0 Å². The Kier molecular flexibility index (Phi) is 4.94. The highest BCUT2D eigenvalue weighted by molar-refractivity contribution is 6.44. The molecule has 2 aromatic rings. The molecule has 0 saturated carbocycles. The van der Waals surface area contributed by atoms with Crippen molar-refractivity contribution in [2.45, 2.75) is 13.2 Å². The van der Waals surface area contributed by atoms with Gasteiger partial charge in [-0.1, -0.05) is 59.1 Å². The molecule has 100 valence electrons. The molecule has 0 aliphatic rings. The first-order valence-corrected chi connectivity index (χ1v) is 6.80. The fourth-order valence-corrected chi connectivity index (χ4v) is 2.23. The van der Waals surface area contributed by atoms with E-state index in [0.29, 0.717) is 21.6 Å². The summed E-state index contributed by atoms with van der Waals surface area (Å²) in [5.74, 6) is 0. The van der Waals surface area contributed by atoms with E-state index < -0.39 is 0 Å². The summed E-state index contributed by atoms with van der Waals surface area (Å²) in [6.45, 7) is 0.662. The van der Waals surface area contributed by atoms with E-state index in [0.717, 1.165) is 16.8 Å². The van der Waals surface area contributed by atoms with E-state index in [9.17, 15) is 0 Å². The first-order valence-electron chi connectivity index (χ1n) is 5.67. The molecule has 0 radical (unpaired) electrons. The highest BCUT2D eigenvalue weighted by atomic mass is 35.5. The van der Waals surface area contributed by atoms with E-state index in [1.807, 2.05) is 24.3 Å². The summed E-state index contributed by atoms with van der Waals surface area (Å²) in [6.07, 6.45) is 0. The van der Waals surface area contributed by atoms with E-state index in [-0.39, 0.29) is 6.61 Å². The number of aliphatic hydroxyl groups excluding tert-OH is 1. The van der Waals surface area contributed by atoms with Crippen LogP contribution in [0.5, 0.6) is 0 Å². The van der Waals surface area contributed by atoms with Crippen LogP contribution in [-0.4, -0.2) is 5.11 Å². The number of benzene rings is 2. The fourth-order valence-electron chi connectivity index (χ4n) is 1.62. The summed E-state index contributed by atoms with van der Waals surface area (Å²) in [7, 11) is 0. The molecule has 0 aliphatic carbocycles. The lowest BCUT2D eigenvalue weighted by atomic mass is 10.1. The minimum atomic E-state index is 0.0479. The van der Waals surface area contributed by atoms with Gasteiger partial charge in [-0.15, -0.1) is 0 Å². The highest BCUT2D eigenvalue weighted by Crippen LogP contribution is 2.32. The molecule has 0 fully saturated rings. The number of hydrogen-bond acceptors (Lipinski definition) is 2. The third-order valence-corrected chi connectivity index (χ3v) is 3.73. The first kappa shape index (κ1) is 14.5. The van der Waals surface area contributed by atoms with Crippen molar-refractivity contribution >= 4 is 40.5 Å². The Balaban J connectivity index is 2.07. The molecule has 0 aromatic heterocycles. The number of rotatable bonds is 4. The van der Waals surface area contributed by atoms with Crippen LogP contribution in [-0.2, 0) is 13.2 Å². The highest BCUT2D eigenvalue weighted by Gasteiger charge is 2.05. The molecule has 0 heterocycles. The van der Waals surface area contributed by atoms with Gasteiger partial charge in [0, 0.05) is 6.54 Å². The van der Waals surface area contributed by atoms with Crippen LogP contribution in [0.25, 0.3) is 0 Å². The van der Waals surface area contributed by atoms with Crippen molar-refractivity contribution in [3.8, 4) is 0 Å². The molecule has 2 rings (SSSR count). The van der Waals surface area contributed by atoms with E-state index >= 15 is 0 Å². The zero-order valence-corrected chi connectivity index (χ0v) is 12.2. The van der Waals surface area contributed by atoms with Gasteiger partial charge in [0.2, 0.25) is 0 Å². The average Bonchev–Trinajstić information content (AvgIpc) is 2.42. The quantitative estimate of drug-likeness (QED) is 0.798. The van der Waals surface area contributed by atoms with Crippen molar-refractivity contribution in [2.24, 2.45) is 0 Å². The standard InChI is InChI=1S/C14H12Cl3NO/c15-11-5-13(17)14(6-12(11)16)18-7-9-1-3-10(8-19)4-2-9/h1-6,18-19H,7-8H2. The van der Waals surface area contributed by atoms with Crippen molar-refractivity contribution in [3.63, 3.8) is 0 Å². The van der Waals surface area contributed by atoms with Gasteiger partial charge in [-0.2, -0.15) is 0 Å². The van der Waals surface area contributed by atoms with Gasteiger partial charge in [-0.25, -0.2) is 0 Å². The Labute approximate surface area is 126 Å². The van der Waals surface area contributed by atoms with E-state index in [4.69, 9.17) is 39.9 Å². The summed E-state index contributed by atoms with van der Waals surface area (Å²) in [6, 6.07) is 11.0. The number of halogens is 3. The summed E-state index contributed by atoms with van der Waals surface area (Å²) in [5.41, 5.74) is 2.71.